The van der Waals surface area contributed by atoms with Gasteiger partial charge in [0.2, 0.25) is 5.91 Å². The maximum Gasteiger partial charge on any atom is 0.234 e. The molecular formula is C12H18N2O2. The summed E-state index contributed by atoms with van der Waals surface area (Å²) in [6.45, 7) is 3.61. The predicted octanol–water partition coefficient (Wildman–Crippen LogP) is 0.405. The molecular weight excluding hydrogens is 204 g/mol. The Hall–Kier alpha value is -1.39. The van der Waals surface area contributed by atoms with Crippen LogP contribution >= 0.6 is 0 Å². The van der Waals surface area contributed by atoms with Gasteiger partial charge in [-0.05, 0) is 17.7 Å². The number of nitrogens with one attached hydrogen (secondary N) is 2. The second-order valence-corrected chi connectivity index (χ2v) is 3.54. The molecule has 0 saturated heterocycles. The van der Waals surface area contributed by atoms with Crippen LogP contribution in [0.3, 0.4) is 0 Å². The van der Waals surface area contributed by atoms with Gasteiger partial charge in [-0.15, -0.1) is 0 Å². The molecule has 4 nitrogen and oxygen atoms in total. The maximum absolute atomic E-state index is 11.3. The Bertz CT molecular complexity index is 340. The van der Waals surface area contributed by atoms with Gasteiger partial charge in [0, 0.05) is 6.54 Å². The van der Waals surface area contributed by atoms with E-state index in [0.717, 1.165) is 17.7 Å². The molecule has 1 aromatic rings. The molecule has 0 aliphatic heterocycles. The van der Waals surface area contributed by atoms with Crippen molar-refractivity contribution in [2.24, 2.45) is 0 Å². The Kier molecular flexibility index (Phi) is 5.53. The van der Waals surface area contributed by atoms with E-state index in [-0.39, 0.29) is 12.5 Å². The molecule has 0 fully saturated rings. The van der Waals surface area contributed by atoms with Crippen molar-refractivity contribution in [1.29, 1.82) is 0 Å². The Morgan fingerprint density at radius 3 is 2.81 bits per heavy atom. The van der Waals surface area contributed by atoms with Gasteiger partial charge in [-0.3, -0.25) is 4.79 Å². The monoisotopic (exact) mass is 222 g/mol. The summed E-state index contributed by atoms with van der Waals surface area (Å²) in [7, 11) is 0. The highest BCUT2D eigenvalue weighted by Crippen LogP contribution is 2.04. The molecule has 0 aliphatic rings. The zero-order valence-electron chi connectivity index (χ0n) is 9.49. The molecule has 0 saturated carbocycles. The van der Waals surface area contributed by atoms with Crippen molar-refractivity contribution in [3.05, 3.63) is 35.4 Å². The van der Waals surface area contributed by atoms with E-state index in [9.17, 15) is 4.79 Å². The summed E-state index contributed by atoms with van der Waals surface area (Å²) in [5, 5.41) is 14.7. The van der Waals surface area contributed by atoms with Crippen LogP contribution in [0.15, 0.2) is 24.3 Å². The fourth-order valence-corrected chi connectivity index (χ4v) is 1.34. The average molecular weight is 222 g/mol. The summed E-state index contributed by atoms with van der Waals surface area (Å²) < 4.78 is 0. The zero-order valence-corrected chi connectivity index (χ0v) is 9.49. The van der Waals surface area contributed by atoms with E-state index in [2.05, 4.69) is 10.6 Å². The van der Waals surface area contributed by atoms with E-state index in [4.69, 9.17) is 5.11 Å². The molecule has 0 spiro atoms. The molecule has 0 atom stereocenters. The van der Waals surface area contributed by atoms with Crippen molar-refractivity contribution in [3.8, 4) is 0 Å². The lowest BCUT2D eigenvalue weighted by atomic mass is 10.1. The second-order valence-electron chi connectivity index (χ2n) is 3.54. The number of amides is 1. The number of likely N-dealkylation sites (N-methyl/N-ethyl adjacent to an activating group) is 1. The lowest BCUT2D eigenvalue weighted by molar-refractivity contribution is -0.120. The van der Waals surface area contributed by atoms with Crippen LogP contribution in [0.2, 0.25) is 0 Å². The van der Waals surface area contributed by atoms with Crippen LogP contribution < -0.4 is 10.6 Å². The summed E-state index contributed by atoms with van der Waals surface area (Å²) >= 11 is 0. The highest BCUT2D eigenvalue weighted by atomic mass is 16.3. The first-order chi connectivity index (χ1) is 7.76. The second kappa shape index (κ2) is 6.98. The molecule has 88 valence electrons. The minimum Gasteiger partial charge on any atom is -0.392 e. The highest BCUT2D eigenvalue weighted by molar-refractivity contribution is 5.77. The van der Waals surface area contributed by atoms with Crippen molar-refractivity contribution in [3.63, 3.8) is 0 Å². The molecule has 1 aromatic carbocycles. The molecule has 1 rings (SSSR count). The van der Waals surface area contributed by atoms with Crippen LogP contribution in [-0.4, -0.2) is 24.1 Å². The van der Waals surface area contributed by atoms with Gasteiger partial charge in [0.25, 0.3) is 0 Å². The fourth-order valence-electron chi connectivity index (χ4n) is 1.34. The fraction of sp³-hybridized carbons (Fsp3) is 0.417. The van der Waals surface area contributed by atoms with Crippen molar-refractivity contribution < 1.29 is 9.90 Å². The van der Waals surface area contributed by atoms with Crippen LogP contribution in [-0.2, 0) is 17.9 Å². The maximum atomic E-state index is 11.3. The van der Waals surface area contributed by atoms with Gasteiger partial charge < -0.3 is 15.7 Å². The summed E-state index contributed by atoms with van der Waals surface area (Å²) in [6, 6.07) is 7.53. The number of benzene rings is 1. The Balaban J connectivity index is 2.38. The van der Waals surface area contributed by atoms with Gasteiger partial charge in [0.15, 0.2) is 0 Å². The third-order valence-electron chi connectivity index (χ3n) is 2.20. The molecule has 3 N–H and O–H groups in total. The van der Waals surface area contributed by atoms with Gasteiger partial charge >= 0.3 is 0 Å². The number of hydrogen-bond donors (Lipinski definition) is 3. The summed E-state index contributed by atoms with van der Waals surface area (Å²) in [5.41, 5.74) is 1.86. The predicted molar refractivity (Wildman–Crippen MR) is 62.8 cm³/mol. The molecule has 1 amide bonds. The molecule has 0 aliphatic carbocycles. The van der Waals surface area contributed by atoms with Gasteiger partial charge in [-0.1, -0.05) is 31.2 Å². The average Bonchev–Trinajstić information content (AvgIpc) is 2.34. The van der Waals surface area contributed by atoms with E-state index in [0.29, 0.717) is 13.1 Å². The van der Waals surface area contributed by atoms with E-state index < -0.39 is 0 Å². The molecule has 0 bridgehead atoms. The van der Waals surface area contributed by atoms with Crippen LogP contribution in [0.1, 0.15) is 18.1 Å². The molecule has 0 aromatic heterocycles. The van der Waals surface area contributed by atoms with Crippen molar-refractivity contribution in [2.75, 3.05) is 13.1 Å². The number of rotatable bonds is 6. The normalized spacial score (nSPS) is 10.1. The molecule has 0 radical (unpaired) electrons. The van der Waals surface area contributed by atoms with Crippen LogP contribution in [0.25, 0.3) is 0 Å². The van der Waals surface area contributed by atoms with Crippen molar-refractivity contribution >= 4 is 5.91 Å². The standard InChI is InChI=1S/C12H18N2O2/c1-2-13-8-12(16)14-7-10-4-3-5-11(6-10)9-15/h3-6,13,15H,2,7-9H2,1H3,(H,14,16). The number of carbonyl (C=O) groups excluding carboxylic acids is 1. The van der Waals surface area contributed by atoms with Gasteiger partial charge in [-0.2, -0.15) is 0 Å². The lowest BCUT2D eigenvalue weighted by Crippen LogP contribution is -2.33. The first-order valence-corrected chi connectivity index (χ1v) is 5.42. The first kappa shape index (κ1) is 12.7. The minimum atomic E-state index is -0.0174. The Morgan fingerprint density at radius 1 is 1.38 bits per heavy atom. The van der Waals surface area contributed by atoms with Gasteiger partial charge in [-0.25, -0.2) is 0 Å². The molecule has 0 unspecified atom stereocenters. The highest BCUT2D eigenvalue weighted by Gasteiger charge is 2.00. The van der Waals surface area contributed by atoms with Gasteiger partial charge in [0.1, 0.15) is 0 Å². The van der Waals surface area contributed by atoms with E-state index >= 15 is 0 Å². The number of aliphatic hydroxyl groups is 1. The number of aliphatic hydroxyl groups excluding tert-OH is 1. The smallest absolute Gasteiger partial charge is 0.234 e. The van der Waals surface area contributed by atoms with Gasteiger partial charge in [0.05, 0.1) is 13.2 Å². The number of hydrogen-bond acceptors (Lipinski definition) is 3. The van der Waals surface area contributed by atoms with Crippen molar-refractivity contribution in [1.82, 2.24) is 10.6 Å². The summed E-state index contributed by atoms with van der Waals surface area (Å²) in [6.07, 6.45) is 0. The third-order valence-corrected chi connectivity index (χ3v) is 2.20. The van der Waals surface area contributed by atoms with E-state index in [1.807, 2.05) is 31.2 Å². The zero-order chi connectivity index (χ0) is 11.8. The van der Waals surface area contributed by atoms with Crippen LogP contribution in [0.5, 0.6) is 0 Å². The van der Waals surface area contributed by atoms with E-state index in [1.54, 1.807) is 0 Å². The molecule has 4 heteroatoms. The molecule has 16 heavy (non-hydrogen) atoms. The SMILES string of the molecule is CCNCC(=O)NCc1cccc(CO)c1. The Morgan fingerprint density at radius 2 is 2.12 bits per heavy atom. The van der Waals surface area contributed by atoms with Crippen LogP contribution in [0, 0.1) is 0 Å². The van der Waals surface area contributed by atoms with E-state index in [1.165, 1.54) is 0 Å². The quantitative estimate of drug-likeness (QED) is 0.653. The minimum absolute atomic E-state index is 0.0174. The lowest BCUT2D eigenvalue weighted by Gasteiger charge is -2.06. The van der Waals surface area contributed by atoms with Crippen molar-refractivity contribution in [2.45, 2.75) is 20.1 Å². The summed E-state index contributed by atoms with van der Waals surface area (Å²) in [5.74, 6) is -0.0174. The Labute approximate surface area is 95.7 Å². The first-order valence-electron chi connectivity index (χ1n) is 5.42. The third kappa shape index (κ3) is 4.42. The largest absolute Gasteiger partial charge is 0.392 e. The van der Waals surface area contributed by atoms with Crippen LogP contribution in [0.4, 0.5) is 0 Å². The molecule has 0 heterocycles. The summed E-state index contributed by atoms with van der Waals surface area (Å²) in [4.78, 5) is 11.3. The topological polar surface area (TPSA) is 61.4 Å². The number of carbonyl (C=O) groups is 1.